The Hall–Kier alpha value is -3.65. The number of hydrogen-bond donors (Lipinski definition) is 3. The van der Waals surface area contributed by atoms with Crippen molar-refractivity contribution in [3.8, 4) is 0 Å². The lowest BCUT2D eigenvalue weighted by molar-refractivity contribution is 0.0940. The van der Waals surface area contributed by atoms with Gasteiger partial charge in [0.1, 0.15) is 0 Å². The SMILES string of the molecule is CC[C@H](C)NC(=O)c1ccccc1NC(=O)c1ccccc1NS(=O)(=O)c1ccccc1. The molecule has 0 aliphatic heterocycles. The number of nitrogens with one attached hydrogen (secondary N) is 3. The smallest absolute Gasteiger partial charge is 0.261 e. The summed E-state index contributed by atoms with van der Waals surface area (Å²) in [5.41, 5.74) is 0.919. The van der Waals surface area contributed by atoms with Crippen LogP contribution < -0.4 is 15.4 Å². The molecule has 0 saturated carbocycles. The van der Waals surface area contributed by atoms with Crippen LogP contribution >= 0.6 is 0 Å². The maximum Gasteiger partial charge on any atom is 0.261 e. The van der Waals surface area contributed by atoms with Crippen molar-refractivity contribution in [2.45, 2.75) is 31.2 Å². The first-order chi connectivity index (χ1) is 15.3. The molecule has 32 heavy (non-hydrogen) atoms. The number of sulfonamides is 1. The van der Waals surface area contributed by atoms with E-state index in [1.807, 2.05) is 13.8 Å². The largest absolute Gasteiger partial charge is 0.350 e. The highest BCUT2D eigenvalue weighted by Gasteiger charge is 2.20. The summed E-state index contributed by atoms with van der Waals surface area (Å²) < 4.78 is 27.9. The zero-order valence-electron chi connectivity index (χ0n) is 17.8. The van der Waals surface area contributed by atoms with E-state index in [9.17, 15) is 18.0 Å². The molecular formula is C24H25N3O4S. The highest BCUT2D eigenvalue weighted by atomic mass is 32.2. The van der Waals surface area contributed by atoms with Crippen molar-refractivity contribution in [2.24, 2.45) is 0 Å². The zero-order valence-corrected chi connectivity index (χ0v) is 18.6. The second kappa shape index (κ2) is 10.1. The van der Waals surface area contributed by atoms with Gasteiger partial charge in [-0.3, -0.25) is 14.3 Å². The van der Waals surface area contributed by atoms with E-state index in [1.165, 1.54) is 24.3 Å². The van der Waals surface area contributed by atoms with Gasteiger partial charge in [0.25, 0.3) is 21.8 Å². The van der Waals surface area contributed by atoms with E-state index in [2.05, 4.69) is 15.4 Å². The molecule has 0 saturated heterocycles. The molecule has 0 unspecified atom stereocenters. The fourth-order valence-electron chi connectivity index (χ4n) is 2.96. The van der Waals surface area contributed by atoms with Gasteiger partial charge in [-0.15, -0.1) is 0 Å². The van der Waals surface area contributed by atoms with Gasteiger partial charge in [-0.05, 0) is 49.7 Å². The van der Waals surface area contributed by atoms with Crippen LogP contribution in [0, 0.1) is 0 Å². The quantitative estimate of drug-likeness (QED) is 0.476. The number of para-hydroxylation sites is 2. The summed E-state index contributed by atoms with van der Waals surface area (Å²) in [7, 11) is -3.87. The molecule has 0 aromatic heterocycles. The Kier molecular flexibility index (Phi) is 7.27. The Morgan fingerprint density at radius 1 is 0.781 bits per heavy atom. The maximum absolute atomic E-state index is 13.0. The summed E-state index contributed by atoms with van der Waals surface area (Å²) in [4.78, 5) is 25.7. The van der Waals surface area contributed by atoms with Crippen LogP contribution in [0.15, 0.2) is 83.8 Å². The maximum atomic E-state index is 13.0. The normalized spacial score (nSPS) is 11.9. The summed E-state index contributed by atoms with van der Waals surface area (Å²) in [6.07, 6.45) is 0.773. The molecule has 1 atom stereocenters. The Balaban J connectivity index is 1.86. The minimum absolute atomic E-state index is 0.0145. The molecular weight excluding hydrogens is 426 g/mol. The molecule has 166 valence electrons. The van der Waals surface area contributed by atoms with Crippen LogP contribution in [0.2, 0.25) is 0 Å². The molecule has 0 spiro atoms. The van der Waals surface area contributed by atoms with Crippen molar-refractivity contribution in [2.75, 3.05) is 10.0 Å². The average molecular weight is 452 g/mol. The van der Waals surface area contributed by atoms with Crippen LogP contribution in [-0.4, -0.2) is 26.3 Å². The summed E-state index contributed by atoms with van der Waals surface area (Å²) >= 11 is 0. The summed E-state index contributed by atoms with van der Waals surface area (Å²) in [5.74, 6) is -0.839. The van der Waals surface area contributed by atoms with Gasteiger partial charge in [0.15, 0.2) is 0 Å². The van der Waals surface area contributed by atoms with Crippen molar-refractivity contribution in [1.29, 1.82) is 0 Å². The third-order valence-electron chi connectivity index (χ3n) is 4.88. The van der Waals surface area contributed by atoms with E-state index in [1.54, 1.807) is 54.6 Å². The number of amides is 2. The first-order valence-electron chi connectivity index (χ1n) is 10.2. The van der Waals surface area contributed by atoms with Crippen molar-refractivity contribution in [1.82, 2.24) is 5.32 Å². The van der Waals surface area contributed by atoms with Crippen molar-refractivity contribution in [3.63, 3.8) is 0 Å². The van der Waals surface area contributed by atoms with E-state index in [4.69, 9.17) is 0 Å². The van der Waals surface area contributed by atoms with Crippen molar-refractivity contribution >= 4 is 33.2 Å². The molecule has 3 N–H and O–H groups in total. The first-order valence-corrected chi connectivity index (χ1v) is 11.7. The topological polar surface area (TPSA) is 104 Å². The van der Waals surface area contributed by atoms with Gasteiger partial charge in [0, 0.05) is 6.04 Å². The van der Waals surface area contributed by atoms with Crippen LogP contribution in [0.1, 0.15) is 41.0 Å². The monoisotopic (exact) mass is 451 g/mol. The number of carbonyl (C=O) groups is 2. The van der Waals surface area contributed by atoms with Gasteiger partial charge in [-0.25, -0.2) is 8.42 Å². The van der Waals surface area contributed by atoms with E-state index in [-0.39, 0.29) is 28.1 Å². The van der Waals surface area contributed by atoms with Gasteiger partial charge < -0.3 is 10.6 Å². The molecule has 0 heterocycles. The second-order valence-corrected chi connectivity index (χ2v) is 8.93. The highest BCUT2D eigenvalue weighted by Crippen LogP contribution is 2.23. The Bertz CT molecular complexity index is 1210. The molecule has 7 nitrogen and oxygen atoms in total. The molecule has 0 aliphatic carbocycles. The Morgan fingerprint density at radius 3 is 1.94 bits per heavy atom. The summed E-state index contributed by atoms with van der Waals surface area (Å²) in [5, 5.41) is 5.61. The van der Waals surface area contributed by atoms with Gasteiger partial charge >= 0.3 is 0 Å². The number of hydrogen-bond acceptors (Lipinski definition) is 4. The molecule has 3 aromatic carbocycles. The minimum atomic E-state index is -3.87. The third kappa shape index (κ3) is 5.53. The minimum Gasteiger partial charge on any atom is -0.350 e. The lowest BCUT2D eigenvalue weighted by atomic mass is 10.1. The first kappa shape index (κ1) is 23.0. The molecule has 0 bridgehead atoms. The molecule has 8 heteroatoms. The van der Waals surface area contributed by atoms with Crippen LogP contribution in [0.25, 0.3) is 0 Å². The summed E-state index contributed by atoms with van der Waals surface area (Å²) in [6, 6.07) is 20.8. The molecule has 0 radical (unpaired) electrons. The molecule has 3 rings (SSSR count). The van der Waals surface area contributed by atoms with Crippen molar-refractivity contribution in [3.05, 3.63) is 90.0 Å². The number of carbonyl (C=O) groups excluding carboxylic acids is 2. The Morgan fingerprint density at radius 2 is 1.31 bits per heavy atom. The standard InChI is InChI=1S/C24H25N3O4S/c1-3-17(2)25-23(28)19-13-7-9-15-21(19)26-24(29)20-14-8-10-16-22(20)27-32(30,31)18-11-5-4-6-12-18/h4-17,27H,3H2,1-2H3,(H,25,28)(H,26,29)/t17-/m0/s1. The van der Waals surface area contributed by atoms with E-state index < -0.39 is 15.9 Å². The lowest BCUT2D eigenvalue weighted by Gasteiger charge is -2.16. The second-order valence-electron chi connectivity index (χ2n) is 7.25. The predicted molar refractivity (Wildman–Crippen MR) is 125 cm³/mol. The lowest BCUT2D eigenvalue weighted by Crippen LogP contribution is -2.32. The zero-order chi connectivity index (χ0) is 23.1. The summed E-state index contributed by atoms with van der Waals surface area (Å²) in [6.45, 7) is 3.86. The van der Waals surface area contributed by atoms with E-state index in [0.29, 0.717) is 11.3 Å². The average Bonchev–Trinajstić information content (AvgIpc) is 2.80. The fourth-order valence-corrected chi connectivity index (χ4v) is 4.06. The molecule has 0 fully saturated rings. The van der Waals surface area contributed by atoms with Crippen molar-refractivity contribution < 1.29 is 18.0 Å². The predicted octanol–water partition coefficient (Wildman–Crippen LogP) is 4.27. The van der Waals surface area contributed by atoms with Gasteiger partial charge in [0.05, 0.1) is 27.4 Å². The van der Waals surface area contributed by atoms with Crippen LogP contribution in [0.3, 0.4) is 0 Å². The van der Waals surface area contributed by atoms with Crippen LogP contribution in [-0.2, 0) is 10.0 Å². The van der Waals surface area contributed by atoms with Gasteiger partial charge in [0.2, 0.25) is 0 Å². The van der Waals surface area contributed by atoms with E-state index in [0.717, 1.165) is 6.42 Å². The molecule has 0 aliphatic rings. The highest BCUT2D eigenvalue weighted by molar-refractivity contribution is 7.92. The fraction of sp³-hybridized carbons (Fsp3) is 0.167. The van der Waals surface area contributed by atoms with Crippen LogP contribution in [0.4, 0.5) is 11.4 Å². The number of rotatable bonds is 8. The number of anilines is 2. The van der Waals surface area contributed by atoms with Gasteiger partial charge in [-0.2, -0.15) is 0 Å². The van der Waals surface area contributed by atoms with E-state index >= 15 is 0 Å². The molecule has 2 amide bonds. The van der Waals surface area contributed by atoms with Crippen LogP contribution in [0.5, 0.6) is 0 Å². The number of benzene rings is 3. The molecule has 3 aromatic rings. The third-order valence-corrected chi connectivity index (χ3v) is 6.26. The van der Waals surface area contributed by atoms with Gasteiger partial charge in [-0.1, -0.05) is 49.4 Å². The Labute approximate surface area is 187 Å².